The van der Waals surface area contributed by atoms with E-state index in [1.165, 1.54) is 0 Å². The standard InChI is InChI=1S/C15H17BrN2O/c1-2-17-14-7-8-18-15(9-14)11-19-10-12-3-5-13(16)6-4-12/h3-9H,2,10-11H2,1H3,(H,17,18). The van der Waals surface area contributed by atoms with Gasteiger partial charge in [-0.2, -0.15) is 0 Å². The number of nitrogens with zero attached hydrogens (tertiary/aromatic N) is 1. The van der Waals surface area contributed by atoms with Gasteiger partial charge in [0.1, 0.15) is 0 Å². The van der Waals surface area contributed by atoms with Gasteiger partial charge in [0.05, 0.1) is 18.9 Å². The van der Waals surface area contributed by atoms with Crippen LogP contribution in [0.2, 0.25) is 0 Å². The molecule has 3 nitrogen and oxygen atoms in total. The fourth-order valence-electron chi connectivity index (χ4n) is 1.73. The van der Waals surface area contributed by atoms with E-state index >= 15 is 0 Å². The number of ether oxygens (including phenoxy) is 1. The summed E-state index contributed by atoms with van der Waals surface area (Å²) in [4.78, 5) is 4.29. The molecular weight excluding hydrogens is 304 g/mol. The summed E-state index contributed by atoms with van der Waals surface area (Å²) < 4.78 is 6.75. The molecule has 100 valence electrons. The monoisotopic (exact) mass is 320 g/mol. The number of hydrogen-bond donors (Lipinski definition) is 1. The maximum Gasteiger partial charge on any atom is 0.0893 e. The molecule has 0 bridgehead atoms. The predicted octanol–water partition coefficient (Wildman–Crippen LogP) is 3.99. The summed E-state index contributed by atoms with van der Waals surface area (Å²) in [5, 5.41) is 3.26. The van der Waals surface area contributed by atoms with Crippen molar-refractivity contribution in [2.75, 3.05) is 11.9 Å². The van der Waals surface area contributed by atoms with Gasteiger partial charge in [-0.3, -0.25) is 4.98 Å². The van der Waals surface area contributed by atoms with Crippen LogP contribution in [0.3, 0.4) is 0 Å². The molecule has 19 heavy (non-hydrogen) atoms. The van der Waals surface area contributed by atoms with Crippen molar-refractivity contribution in [2.24, 2.45) is 0 Å². The molecule has 0 fully saturated rings. The molecule has 0 atom stereocenters. The SMILES string of the molecule is CCNc1ccnc(COCc2ccc(Br)cc2)c1. The summed E-state index contributed by atoms with van der Waals surface area (Å²) >= 11 is 3.42. The predicted molar refractivity (Wildman–Crippen MR) is 81.0 cm³/mol. The minimum Gasteiger partial charge on any atom is -0.385 e. The van der Waals surface area contributed by atoms with E-state index in [1.807, 2.05) is 36.4 Å². The lowest BCUT2D eigenvalue weighted by atomic mass is 10.2. The van der Waals surface area contributed by atoms with Crippen molar-refractivity contribution in [1.82, 2.24) is 4.98 Å². The van der Waals surface area contributed by atoms with E-state index in [2.05, 4.69) is 33.2 Å². The number of benzene rings is 1. The smallest absolute Gasteiger partial charge is 0.0893 e. The highest BCUT2D eigenvalue weighted by atomic mass is 79.9. The van der Waals surface area contributed by atoms with Gasteiger partial charge in [-0.15, -0.1) is 0 Å². The van der Waals surface area contributed by atoms with Crippen LogP contribution in [0.25, 0.3) is 0 Å². The van der Waals surface area contributed by atoms with Crippen molar-refractivity contribution in [1.29, 1.82) is 0 Å². The molecular formula is C15H17BrN2O. The van der Waals surface area contributed by atoms with Crippen molar-refractivity contribution >= 4 is 21.6 Å². The van der Waals surface area contributed by atoms with Crippen molar-refractivity contribution in [2.45, 2.75) is 20.1 Å². The van der Waals surface area contributed by atoms with E-state index in [4.69, 9.17) is 4.74 Å². The highest BCUT2D eigenvalue weighted by molar-refractivity contribution is 9.10. The average Bonchev–Trinajstić information content (AvgIpc) is 2.42. The van der Waals surface area contributed by atoms with Crippen LogP contribution in [-0.2, 0) is 18.0 Å². The third-order valence-electron chi connectivity index (χ3n) is 2.63. The molecule has 1 heterocycles. The number of rotatable bonds is 6. The Morgan fingerprint density at radius 2 is 1.95 bits per heavy atom. The van der Waals surface area contributed by atoms with Gasteiger partial charge in [0, 0.05) is 22.9 Å². The quantitative estimate of drug-likeness (QED) is 0.873. The molecule has 0 saturated heterocycles. The Morgan fingerprint density at radius 1 is 1.16 bits per heavy atom. The summed E-state index contributed by atoms with van der Waals surface area (Å²) in [5.41, 5.74) is 3.18. The van der Waals surface area contributed by atoms with Crippen LogP contribution in [0.5, 0.6) is 0 Å². The second kappa shape index (κ2) is 7.26. The molecule has 0 radical (unpaired) electrons. The first-order chi connectivity index (χ1) is 9.28. The first-order valence-electron chi connectivity index (χ1n) is 6.29. The Labute approximate surface area is 122 Å². The molecule has 1 aromatic heterocycles. The van der Waals surface area contributed by atoms with E-state index in [0.717, 1.165) is 28.0 Å². The fraction of sp³-hybridized carbons (Fsp3) is 0.267. The zero-order valence-corrected chi connectivity index (χ0v) is 12.5. The molecule has 0 aliphatic rings. The van der Waals surface area contributed by atoms with Gasteiger partial charge in [0.25, 0.3) is 0 Å². The zero-order valence-electron chi connectivity index (χ0n) is 10.9. The lowest BCUT2D eigenvalue weighted by Crippen LogP contribution is -2.00. The molecule has 0 unspecified atom stereocenters. The summed E-state index contributed by atoms with van der Waals surface area (Å²) in [6.45, 7) is 4.10. The maximum absolute atomic E-state index is 5.67. The second-order valence-corrected chi connectivity index (χ2v) is 5.10. The highest BCUT2D eigenvalue weighted by Gasteiger charge is 1.98. The Morgan fingerprint density at radius 3 is 2.68 bits per heavy atom. The summed E-state index contributed by atoms with van der Waals surface area (Å²) in [5.74, 6) is 0. The minimum absolute atomic E-state index is 0.523. The van der Waals surface area contributed by atoms with Gasteiger partial charge < -0.3 is 10.1 Å². The second-order valence-electron chi connectivity index (χ2n) is 4.19. The maximum atomic E-state index is 5.67. The van der Waals surface area contributed by atoms with Crippen LogP contribution < -0.4 is 5.32 Å². The Bertz CT molecular complexity index is 514. The van der Waals surface area contributed by atoms with Gasteiger partial charge in [0.15, 0.2) is 0 Å². The lowest BCUT2D eigenvalue weighted by molar-refractivity contribution is 0.104. The van der Waals surface area contributed by atoms with Crippen molar-refractivity contribution in [3.63, 3.8) is 0 Å². The Hall–Kier alpha value is -1.39. The van der Waals surface area contributed by atoms with E-state index in [9.17, 15) is 0 Å². The zero-order chi connectivity index (χ0) is 13.5. The molecule has 2 aromatic rings. The number of anilines is 1. The van der Waals surface area contributed by atoms with Crippen LogP contribution in [0, 0.1) is 0 Å². The van der Waals surface area contributed by atoms with E-state index in [0.29, 0.717) is 13.2 Å². The number of hydrogen-bond acceptors (Lipinski definition) is 3. The van der Waals surface area contributed by atoms with Crippen LogP contribution >= 0.6 is 15.9 Å². The van der Waals surface area contributed by atoms with Gasteiger partial charge in [-0.1, -0.05) is 28.1 Å². The summed E-state index contributed by atoms with van der Waals surface area (Å²) in [7, 11) is 0. The number of halogens is 1. The van der Waals surface area contributed by atoms with Gasteiger partial charge in [0.2, 0.25) is 0 Å². The largest absolute Gasteiger partial charge is 0.385 e. The van der Waals surface area contributed by atoms with Crippen molar-refractivity contribution in [3.8, 4) is 0 Å². The summed E-state index contributed by atoms with van der Waals surface area (Å²) in [6, 6.07) is 12.1. The normalized spacial score (nSPS) is 10.4. The molecule has 0 saturated carbocycles. The van der Waals surface area contributed by atoms with Crippen molar-refractivity contribution < 1.29 is 4.74 Å². The van der Waals surface area contributed by atoms with Gasteiger partial charge in [-0.25, -0.2) is 0 Å². The van der Waals surface area contributed by atoms with Gasteiger partial charge >= 0.3 is 0 Å². The van der Waals surface area contributed by atoms with Crippen LogP contribution in [-0.4, -0.2) is 11.5 Å². The van der Waals surface area contributed by atoms with Crippen molar-refractivity contribution in [3.05, 3.63) is 58.3 Å². The Kier molecular flexibility index (Phi) is 5.36. The van der Waals surface area contributed by atoms with Crippen LogP contribution in [0.1, 0.15) is 18.2 Å². The molecule has 0 amide bonds. The molecule has 2 rings (SSSR count). The molecule has 0 aliphatic carbocycles. The minimum atomic E-state index is 0.523. The van der Waals surface area contributed by atoms with E-state index in [1.54, 1.807) is 6.20 Å². The molecule has 1 aromatic carbocycles. The molecule has 1 N–H and O–H groups in total. The third-order valence-corrected chi connectivity index (χ3v) is 3.16. The fourth-order valence-corrected chi connectivity index (χ4v) is 1.99. The average molecular weight is 321 g/mol. The number of aromatic nitrogens is 1. The van der Waals surface area contributed by atoms with Crippen LogP contribution in [0.4, 0.5) is 5.69 Å². The third kappa shape index (κ3) is 4.65. The summed E-state index contributed by atoms with van der Waals surface area (Å²) in [6.07, 6.45) is 1.80. The molecule has 4 heteroatoms. The van der Waals surface area contributed by atoms with Gasteiger partial charge in [-0.05, 0) is 36.8 Å². The highest BCUT2D eigenvalue weighted by Crippen LogP contribution is 2.13. The number of pyridine rings is 1. The first kappa shape index (κ1) is 14.0. The molecule has 0 aliphatic heterocycles. The topological polar surface area (TPSA) is 34.2 Å². The lowest BCUT2D eigenvalue weighted by Gasteiger charge is -2.07. The molecule has 0 spiro atoms. The van der Waals surface area contributed by atoms with E-state index < -0.39 is 0 Å². The van der Waals surface area contributed by atoms with E-state index in [-0.39, 0.29) is 0 Å². The van der Waals surface area contributed by atoms with Crippen LogP contribution in [0.15, 0.2) is 47.1 Å². The first-order valence-corrected chi connectivity index (χ1v) is 7.08. The Balaban J connectivity index is 1.85. The number of nitrogens with one attached hydrogen (secondary N) is 1.